The van der Waals surface area contributed by atoms with Crippen molar-refractivity contribution >= 4 is 17.0 Å². The quantitative estimate of drug-likeness (QED) is 0.530. The molecule has 2 heterocycles. The second-order valence-electron chi connectivity index (χ2n) is 7.44. The van der Waals surface area contributed by atoms with Gasteiger partial charge in [0.15, 0.2) is 0 Å². The molecule has 0 saturated carbocycles. The second-order valence-corrected chi connectivity index (χ2v) is 8.39. The molecule has 3 heteroatoms. The monoisotopic (exact) mass is 373 g/mol. The van der Waals surface area contributed by atoms with Gasteiger partial charge in [-0.15, -0.1) is 11.3 Å². The van der Waals surface area contributed by atoms with Crippen molar-refractivity contribution in [1.82, 2.24) is 0 Å². The Bertz CT molecular complexity index is 975. The molecule has 27 heavy (non-hydrogen) atoms. The number of rotatable bonds is 4. The van der Waals surface area contributed by atoms with E-state index < -0.39 is 0 Å². The van der Waals surface area contributed by atoms with Crippen molar-refractivity contribution in [3.05, 3.63) is 93.7 Å². The summed E-state index contributed by atoms with van der Waals surface area (Å²) >= 11 is 1.86. The summed E-state index contributed by atoms with van der Waals surface area (Å²) in [5, 5.41) is 6.07. The van der Waals surface area contributed by atoms with E-state index in [1.165, 1.54) is 27.3 Å². The number of hydrogen-bond acceptors (Lipinski definition) is 3. The zero-order valence-corrected chi connectivity index (χ0v) is 16.2. The SMILES string of the molecule is Cc1ccsc1C1Nc2c(OCc3ccccc3)cccc2C2C=CCC21. The number of fused-ring (bicyclic) bond motifs is 3. The largest absolute Gasteiger partial charge is 0.487 e. The third-order valence-electron chi connectivity index (χ3n) is 5.78. The summed E-state index contributed by atoms with van der Waals surface area (Å²) in [4.78, 5) is 1.46. The lowest BCUT2D eigenvalue weighted by Gasteiger charge is -2.38. The van der Waals surface area contributed by atoms with Crippen molar-refractivity contribution in [2.45, 2.75) is 31.9 Å². The number of ether oxygens (including phenoxy) is 1. The Labute approximate surface area is 164 Å². The van der Waals surface area contributed by atoms with Gasteiger partial charge in [-0.3, -0.25) is 0 Å². The molecule has 0 amide bonds. The molecule has 0 spiro atoms. The van der Waals surface area contributed by atoms with Crippen molar-refractivity contribution in [1.29, 1.82) is 0 Å². The molecule has 0 bridgehead atoms. The van der Waals surface area contributed by atoms with Crippen LogP contribution in [0.1, 0.15) is 39.9 Å². The molecular weight excluding hydrogens is 350 g/mol. The minimum Gasteiger partial charge on any atom is -0.487 e. The Morgan fingerprint density at radius 1 is 1.07 bits per heavy atom. The number of thiophene rings is 1. The van der Waals surface area contributed by atoms with Gasteiger partial charge in [0.2, 0.25) is 0 Å². The molecule has 3 aromatic rings. The maximum absolute atomic E-state index is 6.25. The molecule has 3 unspecified atom stereocenters. The fourth-order valence-electron chi connectivity index (χ4n) is 4.41. The zero-order valence-electron chi connectivity index (χ0n) is 15.4. The lowest BCUT2D eigenvalue weighted by Crippen LogP contribution is -2.29. The minimum absolute atomic E-state index is 0.346. The molecule has 0 saturated heterocycles. The molecule has 2 nitrogen and oxygen atoms in total. The lowest BCUT2D eigenvalue weighted by atomic mass is 9.78. The Balaban J connectivity index is 1.50. The molecule has 1 aliphatic carbocycles. The number of hydrogen-bond donors (Lipinski definition) is 1. The van der Waals surface area contributed by atoms with Crippen LogP contribution in [0.15, 0.2) is 72.1 Å². The number of benzene rings is 2. The van der Waals surface area contributed by atoms with E-state index in [1.807, 2.05) is 17.4 Å². The molecule has 5 rings (SSSR count). The molecule has 136 valence electrons. The molecule has 1 N–H and O–H groups in total. The highest BCUT2D eigenvalue weighted by atomic mass is 32.1. The Kier molecular flexibility index (Phi) is 4.25. The highest BCUT2D eigenvalue weighted by Crippen LogP contribution is 2.53. The van der Waals surface area contributed by atoms with Crippen LogP contribution in [0.3, 0.4) is 0 Å². The first-order valence-electron chi connectivity index (χ1n) is 9.58. The summed E-state index contributed by atoms with van der Waals surface area (Å²) in [6.45, 7) is 2.81. The number of allylic oxidation sites excluding steroid dienone is 2. The summed E-state index contributed by atoms with van der Waals surface area (Å²) in [6, 6.07) is 19.4. The van der Waals surface area contributed by atoms with Gasteiger partial charge in [-0.1, -0.05) is 54.6 Å². The van der Waals surface area contributed by atoms with E-state index in [0.717, 1.165) is 12.2 Å². The van der Waals surface area contributed by atoms with Gasteiger partial charge in [-0.25, -0.2) is 0 Å². The van der Waals surface area contributed by atoms with E-state index in [-0.39, 0.29) is 0 Å². The van der Waals surface area contributed by atoms with Crippen molar-refractivity contribution in [3.8, 4) is 5.75 Å². The molecule has 2 aliphatic rings. The van der Waals surface area contributed by atoms with Crippen LogP contribution in [0, 0.1) is 12.8 Å². The molecule has 1 aromatic heterocycles. The van der Waals surface area contributed by atoms with Gasteiger partial charge in [-0.05, 0) is 53.5 Å². The molecular formula is C24H23NOS. The second kappa shape index (κ2) is 6.90. The average Bonchev–Trinajstić information content (AvgIpc) is 3.36. The van der Waals surface area contributed by atoms with Gasteiger partial charge in [0.1, 0.15) is 12.4 Å². The fourth-order valence-corrected chi connectivity index (χ4v) is 5.46. The third kappa shape index (κ3) is 2.96. The van der Waals surface area contributed by atoms with Gasteiger partial charge in [-0.2, -0.15) is 0 Å². The number of anilines is 1. The van der Waals surface area contributed by atoms with Crippen LogP contribution >= 0.6 is 11.3 Å². The van der Waals surface area contributed by atoms with E-state index in [1.54, 1.807) is 0 Å². The highest BCUT2D eigenvalue weighted by Gasteiger charge is 2.39. The van der Waals surface area contributed by atoms with Crippen molar-refractivity contribution < 1.29 is 4.74 Å². The summed E-state index contributed by atoms with van der Waals surface area (Å²) in [6.07, 6.45) is 5.87. The maximum Gasteiger partial charge on any atom is 0.143 e. The van der Waals surface area contributed by atoms with E-state index in [0.29, 0.717) is 24.5 Å². The molecule has 3 atom stereocenters. The van der Waals surface area contributed by atoms with Crippen LogP contribution in [0.4, 0.5) is 5.69 Å². The first kappa shape index (κ1) is 16.6. The van der Waals surface area contributed by atoms with Crippen molar-refractivity contribution in [2.75, 3.05) is 5.32 Å². The summed E-state index contributed by atoms with van der Waals surface area (Å²) in [5.74, 6) is 2.00. The Hall–Kier alpha value is -2.52. The highest BCUT2D eigenvalue weighted by molar-refractivity contribution is 7.10. The minimum atomic E-state index is 0.346. The zero-order chi connectivity index (χ0) is 18.2. The van der Waals surface area contributed by atoms with Gasteiger partial charge in [0, 0.05) is 10.8 Å². The summed E-state index contributed by atoms with van der Waals surface area (Å²) in [5.41, 5.74) is 5.10. The van der Waals surface area contributed by atoms with E-state index in [9.17, 15) is 0 Å². The lowest BCUT2D eigenvalue weighted by molar-refractivity contribution is 0.304. The van der Waals surface area contributed by atoms with E-state index in [4.69, 9.17) is 4.74 Å². The molecule has 0 fully saturated rings. The average molecular weight is 374 g/mol. The van der Waals surface area contributed by atoms with Crippen LogP contribution in [0.2, 0.25) is 0 Å². The first-order valence-corrected chi connectivity index (χ1v) is 10.5. The predicted molar refractivity (Wildman–Crippen MR) is 113 cm³/mol. The molecule has 0 radical (unpaired) electrons. The first-order chi connectivity index (χ1) is 13.3. The normalized spacial score (nSPS) is 22.8. The topological polar surface area (TPSA) is 21.3 Å². The van der Waals surface area contributed by atoms with E-state index in [2.05, 4.69) is 78.3 Å². The Morgan fingerprint density at radius 3 is 2.78 bits per heavy atom. The predicted octanol–water partition coefficient (Wildman–Crippen LogP) is 6.46. The van der Waals surface area contributed by atoms with Gasteiger partial charge in [0.05, 0.1) is 11.7 Å². The number of aryl methyl sites for hydroxylation is 1. The van der Waals surface area contributed by atoms with Crippen molar-refractivity contribution in [3.63, 3.8) is 0 Å². The Morgan fingerprint density at radius 2 is 1.96 bits per heavy atom. The van der Waals surface area contributed by atoms with Crippen molar-refractivity contribution in [2.24, 2.45) is 5.92 Å². The van der Waals surface area contributed by atoms with Gasteiger partial charge >= 0.3 is 0 Å². The molecule has 2 aromatic carbocycles. The third-order valence-corrected chi connectivity index (χ3v) is 6.88. The summed E-state index contributed by atoms with van der Waals surface area (Å²) in [7, 11) is 0. The standard InChI is InChI=1S/C24H23NOS/c1-16-13-14-27-24(16)23-20-10-5-9-18(20)19-11-6-12-21(22(19)25-23)26-15-17-7-3-2-4-8-17/h2-9,11-14,18,20,23,25H,10,15H2,1H3. The fraction of sp³-hybridized carbons (Fsp3) is 0.250. The number of nitrogens with one attached hydrogen (secondary N) is 1. The van der Waals surface area contributed by atoms with Crippen LogP contribution in [0.5, 0.6) is 5.75 Å². The summed E-state index contributed by atoms with van der Waals surface area (Å²) < 4.78 is 6.25. The van der Waals surface area contributed by atoms with Gasteiger partial charge in [0.25, 0.3) is 0 Å². The molecule has 1 aliphatic heterocycles. The van der Waals surface area contributed by atoms with Crippen LogP contribution < -0.4 is 10.1 Å². The maximum atomic E-state index is 6.25. The van der Waals surface area contributed by atoms with Gasteiger partial charge < -0.3 is 10.1 Å². The smallest absolute Gasteiger partial charge is 0.143 e. The van der Waals surface area contributed by atoms with E-state index >= 15 is 0 Å². The van der Waals surface area contributed by atoms with Crippen LogP contribution in [0.25, 0.3) is 0 Å². The van der Waals surface area contributed by atoms with Crippen LogP contribution in [-0.4, -0.2) is 0 Å². The van der Waals surface area contributed by atoms with Crippen LogP contribution in [-0.2, 0) is 6.61 Å². The number of para-hydroxylation sites is 1.